The molecule has 1 aromatic carbocycles. The van der Waals surface area contributed by atoms with E-state index in [1.165, 1.54) is 12.1 Å². The number of morpholine rings is 1. The largest absolute Gasteiger partial charge is 0.396 e. The second-order valence-corrected chi connectivity index (χ2v) is 5.61. The first-order valence-corrected chi connectivity index (χ1v) is 6.30. The average Bonchev–Trinajstić information content (AvgIpc) is 2.29. The van der Waals surface area contributed by atoms with Crippen LogP contribution in [0.25, 0.3) is 0 Å². The maximum Gasteiger partial charge on any atom is 0.254 e. The van der Waals surface area contributed by atoms with Crippen LogP contribution < -0.4 is 5.73 Å². The van der Waals surface area contributed by atoms with Crippen LogP contribution in [0.5, 0.6) is 0 Å². The summed E-state index contributed by atoms with van der Waals surface area (Å²) in [6.45, 7) is 6.79. The van der Waals surface area contributed by atoms with Crippen molar-refractivity contribution in [2.45, 2.75) is 32.5 Å². The van der Waals surface area contributed by atoms with Gasteiger partial charge in [0.05, 0.1) is 17.4 Å². The molecule has 1 unspecified atom stereocenters. The maximum absolute atomic E-state index is 13.4. The Morgan fingerprint density at radius 3 is 2.79 bits per heavy atom. The number of nitrogens with zero attached hydrogens (tertiary/aromatic N) is 1. The Labute approximate surface area is 112 Å². The van der Waals surface area contributed by atoms with E-state index in [1.54, 1.807) is 11.0 Å². The average molecular weight is 266 g/mol. The minimum Gasteiger partial charge on any atom is -0.396 e. The molecule has 2 rings (SSSR count). The lowest BCUT2D eigenvalue weighted by Crippen LogP contribution is -2.53. The Balaban J connectivity index is 2.21. The summed E-state index contributed by atoms with van der Waals surface area (Å²) in [4.78, 5) is 14.1. The molecule has 1 aliphatic heterocycles. The van der Waals surface area contributed by atoms with Gasteiger partial charge in [0, 0.05) is 18.7 Å². The lowest BCUT2D eigenvalue weighted by atomic mass is 10.0. The van der Waals surface area contributed by atoms with Crippen LogP contribution in [0.4, 0.5) is 10.1 Å². The van der Waals surface area contributed by atoms with Crippen LogP contribution in [0.15, 0.2) is 18.2 Å². The molecule has 1 heterocycles. The molecule has 0 aromatic heterocycles. The molecular weight excluding hydrogens is 247 g/mol. The van der Waals surface area contributed by atoms with E-state index in [-0.39, 0.29) is 23.3 Å². The first kappa shape index (κ1) is 13.8. The summed E-state index contributed by atoms with van der Waals surface area (Å²) < 4.78 is 19.2. The van der Waals surface area contributed by atoms with Crippen molar-refractivity contribution in [3.63, 3.8) is 0 Å². The molecule has 1 aromatic rings. The standard InChI is InChI=1S/C14H19FN2O2/c1-9-7-17(8-14(2,3)19-9)13(18)10-4-5-12(16)11(15)6-10/h4-6,9H,7-8,16H2,1-3H3. The molecule has 1 atom stereocenters. The van der Waals surface area contributed by atoms with Gasteiger partial charge in [-0.3, -0.25) is 4.79 Å². The molecule has 19 heavy (non-hydrogen) atoms. The summed E-state index contributed by atoms with van der Waals surface area (Å²) in [6.07, 6.45) is -0.0358. The number of anilines is 1. The Kier molecular flexibility index (Phi) is 3.49. The topological polar surface area (TPSA) is 55.6 Å². The van der Waals surface area contributed by atoms with Crippen molar-refractivity contribution in [2.24, 2.45) is 0 Å². The Morgan fingerprint density at radius 2 is 2.21 bits per heavy atom. The van der Waals surface area contributed by atoms with Crippen molar-refractivity contribution >= 4 is 11.6 Å². The zero-order valence-electron chi connectivity index (χ0n) is 11.4. The first-order chi connectivity index (χ1) is 8.78. The van der Waals surface area contributed by atoms with E-state index < -0.39 is 5.82 Å². The number of rotatable bonds is 1. The fraction of sp³-hybridized carbons (Fsp3) is 0.500. The molecule has 104 valence electrons. The van der Waals surface area contributed by atoms with Gasteiger partial charge in [-0.2, -0.15) is 0 Å². The van der Waals surface area contributed by atoms with E-state index in [0.29, 0.717) is 18.7 Å². The third-order valence-corrected chi connectivity index (χ3v) is 3.10. The molecule has 0 bridgehead atoms. The number of nitrogens with two attached hydrogens (primary N) is 1. The number of hydrogen-bond donors (Lipinski definition) is 1. The number of carbonyl (C=O) groups is 1. The Morgan fingerprint density at radius 1 is 1.53 bits per heavy atom. The summed E-state index contributed by atoms with van der Waals surface area (Å²) in [5.41, 5.74) is 5.39. The number of hydrogen-bond acceptors (Lipinski definition) is 3. The predicted molar refractivity (Wildman–Crippen MR) is 71.3 cm³/mol. The minimum atomic E-state index is -0.564. The number of halogens is 1. The van der Waals surface area contributed by atoms with Gasteiger partial charge in [-0.1, -0.05) is 0 Å². The third-order valence-electron chi connectivity index (χ3n) is 3.10. The van der Waals surface area contributed by atoms with Gasteiger partial charge in [0.25, 0.3) is 5.91 Å². The van der Waals surface area contributed by atoms with Crippen LogP contribution in [0.1, 0.15) is 31.1 Å². The van der Waals surface area contributed by atoms with Crippen LogP contribution in [-0.2, 0) is 4.74 Å². The molecule has 5 heteroatoms. The van der Waals surface area contributed by atoms with E-state index in [4.69, 9.17) is 10.5 Å². The number of ether oxygens (including phenoxy) is 1. The summed E-state index contributed by atoms with van der Waals surface area (Å²) in [5, 5.41) is 0. The van der Waals surface area contributed by atoms with Gasteiger partial charge in [-0.05, 0) is 39.0 Å². The van der Waals surface area contributed by atoms with Gasteiger partial charge in [-0.15, -0.1) is 0 Å². The highest BCUT2D eigenvalue weighted by Crippen LogP contribution is 2.23. The zero-order chi connectivity index (χ0) is 14.2. The van der Waals surface area contributed by atoms with E-state index in [0.717, 1.165) is 0 Å². The first-order valence-electron chi connectivity index (χ1n) is 6.30. The predicted octanol–water partition coefficient (Wildman–Crippen LogP) is 2.05. The van der Waals surface area contributed by atoms with Crippen LogP contribution in [0.2, 0.25) is 0 Å². The maximum atomic E-state index is 13.4. The van der Waals surface area contributed by atoms with Crippen molar-refractivity contribution in [2.75, 3.05) is 18.8 Å². The van der Waals surface area contributed by atoms with E-state index in [1.807, 2.05) is 20.8 Å². The summed E-state index contributed by atoms with van der Waals surface area (Å²) in [5.74, 6) is -0.756. The molecule has 1 fully saturated rings. The molecule has 0 spiro atoms. The number of amides is 1. The summed E-state index contributed by atoms with van der Waals surface area (Å²) in [7, 11) is 0. The van der Waals surface area contributed by atoms with Crippen LogP contribution in [0.3, 0.4) is 0 Å². The van der Waals surface area contributed by atoms with E-state index >= 15 is 0 Å². The van der Waals surface area contributed by atoms with Crippen molar-refractivity contribution in [3.05, 3.63) is 29.6 Å². The SMILES string of the molecule is CC1CN(C(=O)c2ccc(N)c(F)c2)CC(C)(C)O1. The molecular formula is C14H19FN2O2. The summed E-state index contributed by atoms with van der Waals surface area (Å²) >= 11 is 0. The van der Waals surface area contributed by atoms with Crippen molar-refractivity contribution in [1.29, 1.82) is 0 Å². The summed E-state index contributed by atoms with van der Waals surface area (Å²) in [6, 6.07) is 4.15. The number of carbonyl (C=O) groups excluding carboxylic acids is 1. The fourth-order valence-electron chi connectivity index (χ4n) is 2.45. The molecule has 1 amide bonds. The number of nitrogen functional groups attached to an aromatic ring is 1. The molecule has 4 nitrogen and oxygen atoms in total. The number of benzene rings is 1. The lowest BCUT2D eigenvalue weighted by molar-refractivity contribution is -0.118. The van der Waals surface area contributed by atoms with Crippen LogP contribution >= 0.6 is 0 Å². The van der Waals surface area contributed by atoms with E-state index in [9.17, 15) is 9.18 Å². The van der Waals surface area contributed by atoms with Crippen LogP contribution in [0, 0.1) is 5.82 Å². The Hall–Kier alpha value is -1.62. The molecule has 0 radical (unpaired) electrons. The molecule has 0 aliphatic carbocycles. The second kappa shape index (κ2) is 4.81. The van der Waals surface area contributed by atoms with Gasteiger partial charge >= 0.3 is 0 Å². The molecule has 2 N–H and O–H groups in total. The fourth-order valence-corrected chi connectivity index (χ4v) is 2.45. The third kappa shape index (κ3) is 3.04. The normalized spacial score (nSPS) is 22.3. The monoisotopic (exact) mass is 266 g/mol. The zero-order valence-corrected chi connectivity index (χ0v) is 11.4. The smallest absolute Gasteiger partial charge is 0.254 e. The van der Waals surface area contributed by atoms with Crippen molar-refractivity contribution in [3.8, 4) is 0 Å². The van der Waals surface area contributed by atoms with Gasteiger partial charge in [0.1, 0.15) is 5.82 Å². The molecule has 0 saturated carbocycles. The highest BCUT2D eigenvalue weighted by Gasteiger charge is 2.34. The highest BCUT2D eigenvalue weighted by molar-refractivity contribution is 5.94. The molecule has 1 aliphatic rings. The van der Waals surface area contributed by atoms with Crippen molar-refractivity contribution in [1.82, 2.24) is 4.90 Å². The van der Waals surface area contributed by atoms with Gasteiger partial charge in [-0.25, -0.2) is 4.39 Å². The minimum absolute atomic E-state index is 0.0358. The molecule has 1 saturated heterocycles. The van der Waals surface area contributed by atoms with Gasteiger partial charge < -0.3 is 15.4 Å². The van der Waals surface area contributed by atoms with E-state index in [2.05, 4.69) is 0 Å². The quantitative estimate of drug-likeness (QED) is 0.791. The van der Waals surface area contributed by atoms with Crippen LogP contribution in [-0.4, -0.2) is 35.6 Å². The van der Waals surface area contributed by atoms with Gasteiger partial charge in [0.2, 0.25) is 0 Å². The highest BCUT2D eigenvalue weighted by atomic mass is 19.1. The van der Waals surface area contributed by atoms with Gasteiger partial charge in [0.15, 0.2) is 0 Å². The second-order valence-electron chi connectivity index (χ2n) is 5.61. The Bertz CT molecular complexity index is 502. The lowest BCUT2D eigenvalue weighted by Gasteiger charge is -2.41. The van der Waals surface area contributed by atoms with Crippen molar-refractivity contribution < 1.29 is 13.9 Å².